The molecule has 0 atom stereocenters. The molecule has 136 valence electrons. The van der Waals surface area contributed by atoms with Crippen molar-refractivity contribution in [2.75, 3.05) is 13.1 Å². The summed E-state index contributed by atoms with van der Waals surface area (Å²) in [6.45, 7) is 2.30. The zero-order valence-corrected chi connectivity index (χ0v) is 16.2. The van der Waals surface area contributed by atoms with E-state index < -0.39 is 0 Å². The Morgan fingerprint density at radius 1 is 1.12 bits per heavy atom. The van der Waals surface area contributed by atoms with E-state index in [4.69, 9.17) is 23.2 Å². The van der Waals surface area contributed by atoms with Crippen LogP contribution in [0.4, 0.5) is 0 Å². The van der Waals surface area contributed by atoms with Crippen LogP contribution >= 0.6 is 23.2 Å². The number of hydrogen-bond donors (Lipinski definition) is 1. The zero-order valence-electron chi connectivity index (χ0n) is 14.6. The molecule has 2 aromatic rings. The van der Waals surface area contributed by atoms with Crippen molar-refractivity contribution in [1.29, 1.82) is 0 Å². The Balaban J connectivity index is 1.52. The van der Waals surface area contributed by atoms with Gasteiger partial charge in [0.25, 0.3) is 0 Å². The predicted molar refractivity (Wildman–Crippen MR) is 105 cm³/mol. The number of nitrogens with zero attached hydrogens (tertiary/aromatic N) is 3. The summed E-state index contributed by atoms with van der Waals surface area (Å²) >= 11 is 12.9. The van der Waals surface area contributed by atoms with Crippen molar-refractivity contribution in [1.82, 2.24) is 20.3 Å². The van der Waals surface area contributed by atoms with Crippen LogP contribution in [0.5, 0.6) is 0 Å². The Labute approximate surface area is 163 Å². The summed E-state index contributed by atoms with van der Waals surface area (Å²) in [7, 11) is 0. The molecule has 2 heterocycles. The SMILES string of the molecule is Clc1cccc(Cl)c1-n1nnc(C2CC2)c1C=C1CC2(CCNCC2)C1. The normalized spacial score (nSPS) is 21.7. The van der Waals surface area contributed by atoms with Gasteiger partial charge in [-0.2, -0.15) is 0 Å². The van der Waals surface area contributed by atoms with Gasteiger partial charge in [0, 0.05) is 5.92 Å². The molecule has 6 heteroatoms. The first-order chi connectivity index (χ1) is 12.7. The van der Waals surface area contributed by atoms with Crippen LogP contribution in [-0.4, -0.2) is 28.1 Å². The predicted octanol–water partition coefficient (Wildman–Crippen LogP) is 5.00. The molecule has 0 bridgehead atoms. The van der Waals surface area contributed by atoms with Crippen LogP contribution in [0.3, 0.4) is 0 Å². The highest BCUT2D eigenvalue weighted by atomic mass is 35.5. The molecule has 0 radical (unpaired) electrons. The number of benzene rings is 1. The number of allylic oxidation sites excluding steroid dienone is 1. The number of aromatic nitrogens is 3. The van der Waals surface area contributed by atoms with Gasteiger partial charge in [0.2, 0.25) is 0 Å². The fourth-order valence-electron chi connectivity index (χ4n) is 4.46. The third-order valence-corrected chi connectivity index (χ3v) is 6.67. The van der Waals surface area contributed by atoms with Crippen LogP contribution in [-0.2, 0) is 0 Å². The molecule has 1 N–H and O–H groups in total. The third-order valence-electron chi connectivity index (χ3n) is 6.06. The molecule has 2 aliphatic carbocycles. The van der Waals surface area contributed by atoms with Crippen LogP contribution in [0, 0.1) is 5.41 Å². The van der Waals surface area contributed by atoms with Crippen molar-refractivity contribution in [2.24, 2.45) is 5.41 Å². The third kappa shape index (κ3) is 2.88. The molecule has 1 aliphatic heterocycles. The highest BCUT2D eigenvalue weighted by molar-refractivity contribution is 6.37. The summed E-state index contributed by atoms with van der Waals surface area (Å²) in [6.07, 6.45) is 9.66. The lowest BCUT2D eigenvalue weighted by Crippen LogP contribution is -2.42. The van der Waals surface area contributed by atoms with Gasteiger partial charge in [-0.1, -0.05) is 40.1 Å². The molecule has 0 amide bonds. The number of halogens is 2. The van der Waals surface area contributed by atoms with Gasteiger partial charge in [0.05, 0.1) is 21.4 Å². The van der Waals surface area contributed by atoms with Crippen molar-refractivity contribution < 1.29 is 0 Å². The highest BCUT2D eigenvalue weighted by Crippen LogP contribution is 2.52. The van der Waals surface area contributed by atoms with Crippen LogP contribution in [0.2, 0.25) is 10.0 Å². The quantitative estimate of drug-likeness (QED) is 0.804. The van der Waals surface area contributed by atoms with E-state index in [1.54, 1.807) is 0 Å². The van der Waals surface area contributed by atoms with Crippen LogP contribution < -0.4 is 5.32 Å². The second-order valence-corrected chi connectivity index (χ2v) is 8.84. The first-order valence-electron chi connectivity index (χ1n) is 9.45. The second kappa shape index (κ2) is 6.36. The Kier molecular flexibility index (Phi) is 4.11. The van der Waals surface area contributed by atoms with E-state index in [0.717, 1.165) is 30.2 Å². The summed E-state index contributed by atoms with van der Waals surface area (Å²) in [4.78, 5) is 0. The van der Waals surface area contributed by atoms with Crippen LogP contribution in [0.25, 0.3) is 11.8 Å². The minimum Gasteiger partial charge on any atom is -0.317 e. The standard InChI is InChI=1S/C20H22Cl2N4/c21-15-2-1-3-16(22)19(15)26-17(18(24-25-26)14-4-5-14)10-13-11-20(12-13)6-8-23-9-7-20/h1-3,10,14,23H,4-9,11-12H2. The molecule has 0 unspecified atom stereocenters. The fraction of sp³-hybridized carbons (Fsp3) is 0.500. The van der Waals surface area contributed by atoms with E-state index in [0.29, 0.717) is 21.4 Å². The van der Waals surface area contributed by atoms with E-state index in [9.17, 15) is 0 Å². The largest absolute Gasteiger partial charge is 0.317 e. The maximum absolute atomic E-state index is 6.44. The van der Waals surface area contributed by atoms with E-state index in [1.807, 2.05) is 22.9 Å². The average molecular weight is 389 g/mol. The molecular weight excluding hydrogens is 367 g/mol. The number of nitrogens with one attached hydrogen (secondary N) is 1. The number of para-hydroxylation sites is 1. The molecular formula is C20H22Cl2N4. The molecule has 26 heavy (non-hydrogen) atoms. The Bertz CT molecular complexity index is 846. The maximum Gasteiger partial charge on any atom is 0.104 e. The van der Waals surface area contributed by atoms with Gasteiger partial charge in [-0.15, -0.1) is 5.10 Å². The molecule has 4 nitrogen and oxygen atoms in total. The lowest BCUT2D eigenvalue weighted by Gasteiger charge is -2.47. The Morgan fingerprint density at radius 2 is 1.81 bits per heavy atom. The smallest absolute Gasteiger partial charge is 0.104 e. The van der Waals surface area contributed by atoms with Gasteiger partial charge >= 0.3 is 0 Å². The van der Waals surface area contributed by atoms with Crippen molar-refractivity contribution in [3.05, 3.63) is 45.2 Å². The molecule has 3 aliphatic rings. The van der Waals surface area contributed by atoms with E-state index in [1.165, 1.54) is 44.1 Å². The van der Waals surface area contributed by atoms with Gasteiger partial charge in [0.15, 0.2) is 0 Å². The van der Waals surface area contributed by atoms with Gasteiger partial charge in [-0.05, 0) is 75.2 Å². The number of hydrogen-bond acceptors (Lipinski definition) is 3. The molecule has 1 spiro atoms. The maximum atomic E-state index is 6.44. The topological polar surface area (TPSA) is 42.7 Å². The van der Waals surface area contributed by atoms with E-state index >= 15 is 0 Å². The summed E-state index contributed by atoms with van der Waals surface area (Å²) in [5, 5.41) is 13.6. The van der Waals surface area contributed by atoms with Gasteiger partial charge in [-0.3, -0.25) is 0 Å². The molecule has 2 saturated carbocycles. The van der Waals surface area contributed by atoms with Crippen molar-refractivity contribution in [3.63, 3.8) is 0 Å². The lowest BCUT2D eigenvalue weighted by molar-refractivity contribution is 0.143. The van der Waals surface area contributed by atoms with E-state index in [-0.39, 0.29) is 0 Å². The first-order valence-corrected chi connectivity index (χ1v) is 10.2. The number of piperidine rings is 1. The Hall–Kier alpha value is -1.36. The molecule has 5 rings (SSSR count). The van der Waals surface area contributed by atoms with Crippen molar-refractivity contribution >= 4 is 29.3 Å². The van der Waals surface area contributed by atoms with Gasteiger partial charge in [-0.25, -0.2) is 4.68 Å². The lowest BCUT2D eigenvalue weighted by atomic mass is 9.60. The fourth-order valence-corrected chi connectivity index (χ4v) is 5.02. The van der Waals surface area contributed by atoms with Crippen LogP contribution in [0.1, 0.15) is 55.8 Å². The molecule has 3 fully saturated rings. The minimum atomic E-state index is 0.525. The zero-order chi connectivity index (χ0) is 17.7. The monoisotopic (exact) mass is 388 g/mol. The van der Waals surface area contributed by atoms with E-state index in [2.05, 4.69) is 21.7 Å². The summed E-state index contributed by atoms with van der Waals surface area (Å²) < 4.78 is 1.85. The van der Waals surface area contributed by atoms with Gasteiger partial charge in [0.1, 0.15) is 5.69 Å². The summed E-state index contributed by atoms with van der Waals surface area (Å²) in [6, 6.07) is 5.56. The molecule has 1 aromatic heterocycles. The average Bonchev–Trinajstić information content (AvgIpc) is 3.37. The van der Waals surface area contributed by atoms with Crippen LogP contribution in [0.15, 0.2) is 23.8 Å². The van der Waals surface area contributed by atoms with Gasteiger partial charge < -0.3 is 5.32 Å². The summed E-state index contributed by atoms with van der Waals surface area (Å²) in [5.41, 5.74) is 4.93. The van der Waals surface area contributed by atoms with Crippen molar-refractivity contribution in [2.45, 2.75) is 44.4 Å². The Morgan fingerprint density at radius 3 is 2.46 bits per heavy atom. The first kappa shape index (κ1) is 16.8. The summed E-state index contributed by atoms with van der Waals surface area (Å²) in [5.74, 6) is 0.532. The minimum absolute atomic E-state index is 0.525. The molecule has 1 saturated heterocycles. The number of rotatable bonds is 3. The molecule has 1 aromatic carbocycles. The highest BCUT2D eigenvalue weighted by Gasteiger charge is 2.41. The van der Waals surface area contributed by atoms with Crippen molar-refractivity contribution in [3.8, 4) is 5.69 Å². The second-order valence-electron chi connectivity index (χ2n) is 8.02.